The van der Waals surface area contributed by atoms with Crippen molar-refractivity contribution in [3.63, 3.8) is 0 Å². The Morgan fingerprint density at radius 1 is 1.09 bits per heavy atom. The molecule has 2 aliphatic heterocycles. The fraction of sp³-hybridized carbons (Fsp3) is 0.350. The van der Waals surface area contributed by atoms with E-state index in [0.29, 0.717) is 12.5 Å². The molecule has 2 aromatic carbocycles. The number of rotatable bonds is 3. The van der Waals surface area contributed by atoms with Crippen LogP contribution in [0.5, 0.6) is 5.75 Å². The van der Waals surface area contributed by atoms with Crippen molar-refractivity contribution in [3.05, 3.63) is 65.7 Å². The first kappa shape index (κ1) is 14.3. The summed E-state index contributed by atoms with van der Waals surface area (Å²) in [5.74, 6) is 1.02. The minimum atomic E-state index is -0.344. The monoisotopic (exact) mass is 307 g/mol. The Labute approximate surface area is 136 Å². The highest BCUT2D eigenvalue weighted by Gasteiger charge is 2.37. The van der Waals surface area contributed by atoms with Gasteiger partial charge in [-0.3, -0.25) is 4.79 Å². The van der Waals surface area contributed by atoms with Gasteiger partial charge in [0, 0.05) is 19.0 Å². The van der Waals surface area contributed by atoms with E-state index < -0.39 is 0 Å². The third-order valence-electron chi connectivity index (χ3n) is 4.90. The Morgan fingerprint density at radius 2 is 1.87 bits per heavy atom. The molecule has 3 nitrogen and oxygen atoms in total. The van der Waals surface area contributed by atoms with E-state index in [1.807, 2.05) is 35.2 Å². The molecule has 0 unspecified atom stereocenters. The second-order valence-electron chi connectivity index (χ2n) is 6.44. The van der Waals surface area contributed by atoms with Crippen LogP contribution in [-0.2, 0) is 17.6 Å². The lowest BCUT2D eigenvalue weighted by molar-refractivity contribution is -0.138. The van der Waals surface area contributed by atoms with E-state index in [-0.39, 0.29) is 12.0 Å². The molecule has 0 radical (unpaired) electrons. The smallest absolute Gasteiger partial charge is 0.264 e. The molecule has 1 amide bonds. The summed E-state index contributed by atoms with van der Waals surface area (Å²) in [6.07, 6.45) is 3.46. The zero-order chi connectivity index (χ0) is 15.6. The SMILES string of the molecule is O=C([C@@H]1Cc2ccccc2O1)N1CCC[C@H]1Cc1ccccc1. The number of hydrogen-bond acceptors (Lipinski definition) is 2. The maximum Gasteiger partial charge on any atom is 0.264 e. The number of ether oxygens (including phenoxy) is 1. The minimum Gasteiger partial charge on any atom is -0.480 e. The molecule has 1 saturated heterocycles. The second kappa shape index (κ2) is 6.07. The van der Waals surface area contributed by atoms with Crippen molar-refractivity contribution in [2.45, 2.75) is 37.8 Å². The van der Waals surface area contributed by atoms with E-state index in [9.17, 15) is 4.79 Å². The Hall–Kier alpha value is -2.29. The number of para-hydroxylation sites is 1. The molecule has 0 saturated carbocycles. The van der Waals surface area contributed by atoms with E-state index in [0.717, 1.165) is 37.1 Å². The van der Waals surface area contributed by atoms with Crippen LogP contribution in [0.15, 0.2) is 54.6 Å². The summed E-state index contributed by atoms with van der Waals surface area (Å²) in [7, 11) is 0. The lowest BCUT2D eigenvalue weighted by atomic mass is 10.0. The molecule has 2 atom stereocenters. The molecule has 2 heterocycles. The standard InChI is InChI=1S/C20H21NO2/c22-20(19-14-16-9-4-5-11-18(16)23-19)21-12-6-10-17(21)13-15-7-2-1-3-8-15/h1-5,7-9,11,17,19H,6,10,12-14H2/t17-,19-/m0/s1. The minimum absolute atomic E-state index is 0.152. The molecule has 0 N–H and O–H groups in total. The highest BCUT2D eigenvalue weighted by Crippen LogP contribution is 2.31. The third kappa shape index (κ3) is 2.83. The molecule has 0 aliphatic carbocycles. The summed E-state index contributed by atoms with van der Waals surface area (Å²) in [5.41, 5.74) is 2.44. The topological polar surface area (TPSA) is 29.5 Å². The Bertz CT molecular complexity index is 673. The average molecular weight is 307 g/mol. The third-order valence-corrected chi connectivity index (χ3v) is 4.90. The van der Waals surface area contributed by atoms with Gasteiger partial charge in [0.2, 0.25) is 0 Å². The van der Waals surface area contributed by atoms with Crippen LogP contribution in [-0.4, -0.2) is 29.5 Å². The van der Waals surface area contributed by atoms with Crippen LogP contribution in [0.3, 0.4) is 0 Å². The van der Waals surface area contributed by atoms with Gasteiger partial charge >= 0.3 is 0 Å². The van der Waals surface area contributed by atoms with Crippen LogP contribution in [0.4, 0.5) is 0 Å². The van der Waals surface area contributed by atoms with Crippen molar-refractivity contribution < 1.29 is 9.53 Å². The largest absolute Gasteiger partial charge is 0.480 e. The second-order valence-corrected chi connectivity index (χ2v) is 6.44. The van der Waals surface area contributed by atoms with Gasteiger partial charge in [0.1, 0.15) is 5.75 Å². The van der Waals surface area contributed by atoms with Crippen molar-refractivity contribution in [2.24, 2.45) is 0 Å². The quantitative estimate of drug-likeness (QED) is 0.871. The Kier molecular flexibility index (Phi) is 3.78. The van der Waals surface area contributed by atoms with E-state index in [1.54, 1.807) is 0 Å². The number of likely N-dealkylation sites (tertiary alicyclic amines) is 1. The van der Waals surface area contributed by atoms with Crippen LogP contribution in [0, 0.1) is 0 Å². The highest BCUT2D eigenvalue weighted by molar-refractivity contribution is 5.83. The van der Waals surface area contributed by atoms with Gasteiger partial charge in [-0.15, -0.1) is 0 Å². The number of amides is 1. The zero-order valence-corrected chi connectivity index (χ0v) is 13.2. The van der Waals surface area contributed by atoms with Crippen LogP contribution in [0.1, 0.15) is 24.0 Å². The van der Waals surface area contributed by atoms with Gasteiger partial charge in [-0.05, 0) is 36.5 Å². The predicted octanol–water partition coefficient (Wildman–Crippen LogP) is 3.22. The molecule has 23 heavy (non-hydrogen) atoms. The fourth-order valence-electron chi connectivity index (χ4n) is 3.73. The van der Waals surface area contributed by atoms with E-state index in [2.05, 4.69) is 24.3 Å². The van der Waals surface area contributed by atoms with Crippen LogP contribution >= 0.6 is 0 Å². The molecule has 2 aliphatic rings. The molecule has 0 bridgehead atoms. The molecular formula is C20H21NO2. The summed E-state index contributed by atoms with van der Waals surface area (Å²) < 4.78 is 5.89. The van der Waals surface area contributed by atoms with Crippen molar-refractivity contribution in [3.8, 4) is 5.75 Å². The van der Waals surface area contributed by atoms with E-state index in [4.69, 9.17) is 4.74 Å². The molecule has 118 valence electrons. The van der Waals surface area contributed by atoms with Crippen molar-refractivity contribution >= 4 is 5.91 Å². The number of nitrogens with zero attached hydrogens (tertiary/aromatic N) is 1. The first-order chi connectivity index (χ1) is 11.3. The molecule has 3 heteroatoms. The summed E-state index contributed by atoms with van der Waals surface area (Å²) in [5, 5.41) is 0. The van der Waals surface area contributed by atoms with Crippen molar-refractivity contribution in [1.82, 2.24) is 4.90 Å². The first-order valence-electron chi connectivity index (χ1n) is 8.40. The lowest BCUT2D eigenvalue weighted by Gasteiger charge is -2.27. The number of carbonyl (C=O) groups is 1. The van der Waals surface area contributed by atoms with E-state index >= 15 is 0 Å². The van der Waals surface area contributed by atoms with Crippen molar-refractivity contribution in [1.29, 1.82) is 0 Å². The fourth-order valence-corrected chi connectivity index (χ4v) is 3.73. The van der Waals surface area contributed by atoms with Crippen molar-refractivity contribution in [2.75, 3.05) is 6.54 Å². The van der Waals surface area contributed by atoms with Gasteiger partial charge in [0.25, 0.3) is 5.91 Å². The molecule has 0 spiro atoms. The lowest BCUT2D eigenvalue weighted by Crippen LogP contribution is -2.44. The van der Waals surface area contributed by atoms with Gasteiger partial charge < -0.3 is 9.64 Å². The average Bonchev–Trinajstić information content (AvgIpc) is 3.21. The summed E-state index contributed by atoms with van der Waals surface area (Å²) >= 11 is 0. The number of carbonyl (C=O) groups excluding carboxylic acids is 1. The first-order valence-corrected chi connectivity index (χ1v) is 8.40. The summed E-state index contributed by atoms with van der Waals surface area (Å²) in [4.78, 5) is 15.0. The zero-order valence-electron chi connectivity index (χ0n) is 13.2. The molecule has 2 aromatic rings. The number of hydrogen-bond donors (Lipinski definition) is 0. The highest BCUT2D eigenvalue weighted by atomic mass is 16.5. The van der Waals surface area contributed by atoms with Gasteiger partial charge in [0.15, 0.2) is 6.10 Å². The maximum absolute atomic E-state index is 12.9. The maximum atomic E-state index is 12.9. The summed E-state index contributed by atoms with van der Waals surface area (Å²) in [6.45, 7) is 0.854. The van der Waals surface area contributed by atoms with Gasteiger partial charge in [0.05, 0.1) is 0 Å². The van der Waals surface area contributed by atoms with Gasteiger partial charge in [-0.1, -0.05) is 48.5 Å². The Balaban J connectivity index is 1.46. The van der Waals surface area contributed by atoms with Crippen LogP contribution < -0.4 is 4.74 Å². The molecule has 0 aromatic heterocycles. The molecule has 1 fully saturated rings. The summed E-state index contributed by atoms with van der Waals surface area (Å²) in [6, 6.07) is 18.7. The van der Waals surface area contributed by atoms with Gasteiger partial charge in [-0.2, -0.15) is 0 Å². The molecule has 4 rings (SSSR count). The van der Waals surface area contributed by atoms with E-state index in [1.165, 1.54) is 5.56 Å². The Morgan fingerprint density at radius 3 is 2.70 bits per heavy atom. The number of fused-ring (bicyclic) bond motifs is 1. The predicted molar refractivity (Wildman–Crippen MR) is 89.4 cm³/mol. The van der Waals surface area contributed by atoms with Crippen LogP contribution in [0.2, 0.25) is 0 Å². The van der Waals surface area contributed by atoms with Gasteiger partial charge in [-0.25, -0.2) is 0 Å². The molecular weight excluding hydrogens is 286 g/mol. The number of benzene rings is 2. The van der Waals surface area contributed by atoms with Crippen LogP contribution in [0.25, 0.3) is 0 Å². The normalized spacial score (nSPS) is 22.7.